The van der Waals surface area contributed by atoms with Crippen molar-refractivity contribution in [2.45, 2.75) is 17.7 Å². The molecule has 0 aliphatic rings. The third-order valence-corrected chi connectivity index (χ3v) is 4.88. The standard InChI is InChI=1S/C17H10F6N2O3S/c18-7-13-14(9-5-11(19)16(12(20)6-9)29(24,26)27)15(25-28-13)8-2-1-3-10(4-8)17(21,22)23/h1-6H,7H2,(H2,24,26,27). The van der Waals surface area contributed by atoms with Crippen molar-refractivity contribution in [3.63, 3.8) is 0 Å². The molecular weight excluding hydrogens is 426 g/mol. The normalized spacial score (nSPS) is 12.4. The highest BCUT2D eigenvalue weighted by Gasteiger charge is 2.31. The van der Waals surface area contributed by atoms with Crippen molar-refractivity contribution in [1.82, 2.24) is 5.16 Å². The van der Waals surface area contributed by atoms with E-state index in [4.69, 9.17) is 9.66 Å². The Morgan fingerprint density at radius 1 is 1.03 bits per heavy atom. The van der Waals surface area contributed by atoms with E-state index in [1.807, 2.05) is 0 Å². The lowest BCUT2D eigenvalue weighted by Gasteiger charge is -2.10. The molecule has 5 nitrogen and oxygen atoms in total. The summed E-state index contributed by atoms with van der Waals surface area (Å²) >= 11 is 0. The van der Waals surface area contributed by atoms with Gasteiger partial charge in [-0.1, -0.05) is 17.3 Å². The Labute approximate surface area is 159 Å². The monoisotopic (exact) mass is 436 g/mol. The number of aromatic nitrogens is 1. The second kappa shape index (κ2) is 7.19. The van der Waals surface area contributed by atoms with Crippen LogP contribution in [0.25, 0.3) is 22.4 Å². The van der Waals surface area contributed by atoms with Crippen LogP contribution in [0.4, 0.5) is 26.3 Å². The first-order valence-electron chi connectivity index (χ1n) is 7.68. The Bertz CT molecular complexity index is 1170. The number of sulfonamides is 1. The zero-order chi connectivity index (χ0) is 21.6. The Kier molecular flexibility index (Phi) is 5.17. The predicted molar refractivity (Wildman–Crippen MR) is 88.5 cm³/mol. The van der Waals surface area contributed by atoms with Gasteiger partial charge >= 0.3 is 6.18 Å². The van der Waals surface area contributed by atoms with E-state index >= 15 is 0 Å². The molecule has 12 heteroatoms. The van der Waals surface area contributed by atoms with E-state index < -0.39 is 56.3 Å². The predicted octanol–water partition coefficient (Wildman–Crippen LogP) is 4.42. The Morgan fingerprint density at radius 2 is 1.66 bits per heavy atom. The summed E-state index contributed by atoms with van der Waals surface area (Å²) in [4.78, 5) is -1.40. The van der Waals surface area contributed by atoms with Gasteiger partial charge in [0, 0.05) is 5.56 Å². The number of rotatable bonds is 4. The lowest BCUT2D eigenvalue weighted by molar-refractivity contribution is -0.137. The lowest BCUT2D eigenvalue weighted by atomic mass is 9.98. The van der Waals surface area contributed by atoms with Crippen LogP contribution in [0.1, 0.15) is 11.3 Å². The van der Waals surface area contributed by atoms with Gasteiger partial charge in [0.25, 0.3) is 0 Å². The van der Waals surface area contributed by atoms with Crippen molar-refractivity contribution in [3.8, 4) is 22.4 Å². The van der Waals surface area contributed by atoms with E-state index in [9.17, 15) is 34.8 Å². The molecule has 0 spiro atoms. The maximum absolute atomic E-state index is 14.2. The summed E-state index contributed by atoms with van der Waals surface area (Å²) < 4.78 is 108. The topological polar surface area (TPSA) is 86.2 Å². The van der Waals surface area contributed by atoms with Gasteiger partial charge in [-0.3, -0.25) is 0 Å². The second-order valence-corrected chi connectivity index (χ2v) is 7.35. The summed E-state index contributed by atoms with van der Waals surface area (Å²) in [5, 5.41) is 8.27. The molecule has 0 amide bonds. The van der Waals surface area contributed by atoms with Crippen molar-refractivity contribution in [3.05, 3.63) is 59.4 Å². The molecule has 3 rings (SSSR count). The number of nitrogens with zero attached hydrogens (tertiary/aromatic N) is 1. The van der Waals surface area contributed by atoms with Gasteiger partial charge in [-0.05, 0) is 29.8 Å². The molecule has 1 heterocycles. The molecule has 1 aromatic heterocycles. The minimum atomic E-state index is -4.74. The van der Waals surface area contributed by atoms with E-state index in [2.05, 4.69) is 5.16 Å². The minimum Gasteiger partial charge on any atom is -0.357 e. The van der Waals surface area contributed by atoms with Crippen LogP contribution >= 0.6 is 0 Å². The fraction of sp³-hybridized carbons (Fsp3) is 0.118. The fourth-order valence-electron chi connectivity index (χ4n) is 2.73. The molecule has 0 radical (unpaired) electrons. The average molecular weight is 436 g/mol. The quantitative estimate of drug-likeness (QED) is 0.614. The average Bonchev–Trinajstić information content (AvgIpc) is 3.03. The van der Waals surface area contributed by atoms with Crippen LogP contribution in [-0.4, -0.2) is 13.6 Å². The first kappa shape index (κ1) is 20.9. The van der Waals surface area contributed by atoms with Crippen molar-refractivity contribution >= 4 is 10.0 Å². The molecule has 0 aliphatic carbocycles. The minimum absolute atomic E-state index is 0.158. The summed E-state index contributed by atoms with van der Waals surface area (Å²) in [6.45, 7) is -1.29. The number of primary sulfonamides is 1. The van der Waals surface area contributed by atoms with Gasteiger partial charge in [0.05, 0.1) is 11.1 Å². The van der Waals surface area contributed by atoms with Crippen LogP contribution in [0.5, 0.6) is 0 Å². The molecule has 0 fully saturated rings. The van der Waals surface area contributed by atoms with Gasteiger partial charge in [0.15, 0.2) is 17.3 Å². The molecule has 0 unspecified atom stereocenters. The molecule has 29 heavy (non-hydrogen) atoms. The second-order valence-electron chi connectivity index (χ2n) is 5.86. The van der Waals surface area contributed by atoms with Gasteiger partial charge in [0.2, 0.25) is 10.0 Å². The van der Waals surface area contributed by atoms with Crippen molar-refractivity contribution < 1.29 is 39.3 Å². The third kappa shape index (κ3) is 3.98. The molecule has 154 valence electrons. The van der Waals surface area contributed by atoms with E-state index in [1.165, 1.54) is 6.07 Å². The summed E-state index contributed by atoms with van der Waals surface area (Å²) in [7, 11) is -4.74. The van der Waals surface area contributed by atoms with E-state index in [0.29, 0.717) is 18.2 Å². The van der Waals surface area contributed by atoms with Gasteiger partial charge in [-0.25, -0.2) is 26.7 Å². The molecule has 0 atom stereocenters. The van der Waals surface area contributed by atoms with Crippen LogP contribution in [0.3, 0.4) is 0 Å². The Hall–Kier alpha value is -2.86. The number of hydrogen-bond donors (Lipinski definition) is 1. The highest BCUT2D eigenvalue weighted by Crippen LogP contribution is 2.39. The molecule has 2 N–H and O–H groups in total. The molecule has 0 bridgehead atoms. The number of benzene rings is 2. The highest BCUT2D eigenvalue weighted by molar-refractivity contribution is 7.89. The number of hydrogen-bond acceptors (Lipinski definition) is 4. The number of nitrogens with two attached hydrogens (primary N) is 1. The van der Waals surface area contributed by atoms with Crippen LogP contribution in [0, 0.1) is 11.6 Å². The highest BCUT2D eigenvalue weighted by atomic mass is 32.2. The van der Waals surface area contributed by atoms with Crippen LogP contribution < -0.4 is 5.14 Å². The zero-order valence-corrected chi connectivity index (χ0v) is 14.9. The van der Waals surface area contributed by atoms with Crippen molar-refractivity contribution in [2.75, 3.05) is 0 Å². The molecule has 3 aromatic rings. The largest absolute Gasteiger partial charge is 0.416 e. The molecule has 2 aromatic carbocycles. The maximum Gasteiger partial charge on any atom is 0.416 e. The molecular formula is C17H10F6N2O3S. The number of alkyl halides is 4. The van der Waals surface area contributed by atoms with Gasteiger partial charge < -0.3 is 4.52 Å². The summed E-state index contributed by atoms with van der Waals surface area (Å²) in [6, 6.07) is 4.87. The van der Waals surface area contributed by atoms with Crippen LogP contribution in [0.2, 0.25) is 0 Å². The van der Waals surface area contributed by atoms with Crippen LogP contribution in [0.15, 0.2) is 45.8 Å². The van der Waals surface area contributed by atoms with E-state index in [1.54, 1.807) is 0 Å². The SMILES string of the molecule is NS(=O)(=O)c1c(F)cc(-c2c(-c3cccc(C(F)(F)F)c3)noc2CF)cc1F. The van der Waals surface area contributed by atoms with E-state index in [-0.39, 0.29) is 16.8 Å². The zero-order valence-electron chi connectivity index (χ0n) is 14.1. The Morgan fingerprint density at radius 3 is 2.17 bits per heavy atom. The lowest BCUT2D eigenvalue weighted by Crippen LogP contribution is -2.16. The smallest absolute Gasteiger partial charge is 0.357 e. The Balaban J connectivity index is 2.24. The number of halogens is 6. The van der Waals surface area contributed by atoms with Gasteiger partial charge in [-0.2, -0.15) is 13.2 Å². The third-order valence-electron chi connectivity index (χ3n) is 3.92. The first-order valence-corrected chi connectivity index (χ1v) is 9.22. The summed E-state index contributed by atoms with van der Waals surface area (Å²) in [6.07, 6.45) is -4.68. The maximum atomic E-state index is 14.2. The molecule has 0 aliphatic heterocycles. The molecule has 0 saturated heterocycles. The summed E-state index contributed by atoms with van der Waals surface area (Å²) in [5.74, 6) is -3.65. The summed E-state index contributed by atoms with van der Waals surface area (Å²) in [5.41, 5.74) is -2.23. The van der Waals surface area contributed by atoms with Gasteiger partial charge in [-0.15, -0.1) is 0 Å². The van der Waals surface area contributed by atoms with E-state index in [0.717, 1.165) is 12.1 Å². The fourth-order valence-corrected chi connectivity index (χ4v) is 3.39. The van der Waals surface area contributed by atoms with Crippen molar-refractivity contribution in [1.29, 1.82) is 0 Å². The first-order chi connectivity index (χ1) is 13.4. The van der Waals surface area contributed by atoms with Crippen LogP contribution in [-0.2, 0) is 22.9 Å². The van der Waals surface area contributed by atoms with Gasteiger partial charge in [0.1, 0.15) is 17.3 Å². The van der Waals surface area contributed by atoms with Crippen molar-refractivity contribution in [2.24, 2.45) is 5.14 Å². The molecule has 0 saturated carbocycles.